The largest absolute Gasteiger partial charge is 0.478 e. The number of amides is 1. The van der Waals surface area contributed by atoms with Gasteiger partial charge in [-0.3, -0.25) is 4.79 Å². The molecule has 124 valence electrons. The fourth-order valence-electron chi connectivity index (χ4n) is 3.03. The Morgan fingerprint density at radius 2 is 1.83 bits per heavy atom. The number of carboxylic acids is 1. The van der Waals surface area contributed by atoms with E-state index in [0.717, 1.165) is 18.9 Å². The normalized spacial score (nSPS) is 14.9. The van der Waals surface area contributed by atoms with Crippen LogP contribution < -0.4 is 0 Å². The van der Waals surface area contributed by atoms with Crippen LogP contribution in [0.5, 0.6) is 0 Å². The summed E-state index contributed by atoms with van der Waals surface area (Å²) < 4.78 is 14.1. The van der Waals surface area contributed by atoms with Crippen molar-refractivity contribution in [3.8, 4) is 0 Å². The van der Waals surface area contributed by atoms with Crippen LogP contribution in [0.3, 0.4) is 0 Å². The molecule has 1 N–H and O–H groups in total. The van der Waals surface area contributed by atoms with Crippen LogP contribution >= 0.6 is 0 Å². The molecule has 24 heavy (non-hydrogen) atoms. The Labute approximate surface area is 139 Å². The topological polar surface area (TPSA) is 57.6 Å². The Kier molecular flexibility index (Phi) is 4.09. The molecule has 0 aliphatic heterocycles. The average Bonchev–Trinajstić information content (AvgIpc) is 3.35. The van der Waals surface area contributed by atoms with Gasteiger partial charge in [0.05, 0.1) is 11.1 Å². The summed E-state index contributed by atoms with van der Waals surface area (Å²) in [6, 6.07) is 13.4. The van der Waals surface area contributed by atoms with Gasteiger partial charge in [-0.1, -0.05) is 30.3 Å². The van der Waals surface area contributed by atoms with Crippen molar-refractivity contribution >= 4 is 11.9 Å². The maximum Gasteiger partial charge on any atom is 0.335 e. The summed E-state index contributed by atoms with van der Waals surface area (Å²) >= 11 is 0. The molecule has 5 heteroatoms. The van der Waals surface area contributed by atoms with Crippen LogP contribution in [0.4, 0.5) is 4.39 Å². The molecule has 1 aliphatic rings. The summed E-state index contributed by atoms with van der Waals surface area (Å²) in [6.45, 7) is 0.510. The van der Waals surface area contributed by atoms with Crippen molar-refractivity contribution in [3.05, 3.63) is 71.0 Å². The molecule has 0 atom stereocenters. The van der Waals surface area contributed by atoms with Crippen molar-refractivity contribution in [3.63, 3.8) is 0 Å². The number of carboxylic acid groups (broad SMARTS) is 1. The summed E-state index contributed by atoms with van der Waals surface area (Å²) in [5.41, 5.74) is 0.857. The van der Waals surface area contributed by atoms with Gasteiger partial charge in [0.15, 0.2) is 0 Å². The molecule has 1 saturated carbocycles. The lowest BCUT2D eigenvalue weighted by Gasteiger charge is -2.24. The van der Waals surface area contributed by atoms with Gasteiger partial charge in [-0.25, -0.2) is 9.18 Å². The van der Waals surface area contributed by atoms with Gasteiger partial charge in [-0.2, -0.15) is 0 Å². The fourth-order valence-corrected chi connectivity index (χ4v) is 3.03. The maximum atomic E-state index is 14.1. The number of benzene rings is 2. The highest BCUT2D eigenvalue weighted by molar-refractivity contribution is 5.96. The van der Waals surface area contributed by atoms with Crippen LogP contribution in [-0.4, -0.2) is 35.5 Å². The van der Waals surface area contributed by atoms with Crippen molar-refractivity contribution in [2.75, 3.05) is 13.6 Å². The molecule has 1 fully saturated rings. The Hall–Kier alpha value is -2.69. The van der Waals surface area contributed by atoms with Crippen LogP contribution in [0.15, 0.2) is 48.5 Å². The van der Waals surface area contributed by atoms with Crippen molar-refractivity contribution < 1.29 is 19.1 Å². The smallest absolute Gasteiger partial charge is 0.335 e. The molecule has 0 spiro atoms. The zero-order chi connectivity index (χ0) is 17.3. The lowest BCUT2D eigenvalue weighted by Crippen LogP contribution is -2.35. The van der Waals surface area contributed by atoms with E-state index < -0.39 is 17.7 Å². The van der Waals surface area contributed by atoms with Gasteiger partial charge in [-0.15, -0.1) is 0 Å². The van der Waals surface area contributed by atoms with Gasteiger partial charge in [-0.05, 0) is 36.6 Å². The number of carbonyl (C=O) groups is 2. The molecule has 0 heterocycles. The highest BCUT2D eigenvalue weighted by atomic mass is 19.1. The number of aromatic carboxylic acids is 1. The van der Waals surface area contributed by atoms with E-state index >= 15 is 0 Å². The van der Waals surface area contributed by atoms with E-state index in [-0.39, 0.29) is 16.5 Å². The van der Waals surface area contributed by atoms with Gasteiger partial charge < -0.3 is 10.0 Å². The summed E-state index contributed by atoms with van der Waals surface area (Å²) in [5, 5.41) is 8.87. The quantitative estimate of drug-likeness (QED) is 0.916. The van der Waals surface area contributed by atoms with E-state index in [4.69, 9.17) is 5.11 Å². The predicted octanol–water partition coefficient (Wildman–Crippen LogP) is 3.33. The Bertz CT molecular complexity index is 784. The lowest BCUT2D eigenvalue weighted by molar-refractivity contribution is 0.0693. The maximum absolute atomic E-state index is 14.1. The Morgan fingerprint density at radius 3 is 2.38 bits per heavy atom. The first kappa shape index (κ1) is 16.2. The zero-order valence-corrected chi connectivity index (χ0v) is 13.3. The molecule has 0 aromatic heterocycles. The number of rotatable bonds is 5. The molecule has 2 aromatic carbocycles. The molecule has 0 saturated heterocycles. The van der Waals surface area contributed by atoms with E-state index in [1.807, 2.05) is 30.3 Å². The van der Waals surface area contributed by atoms with E-state index in [2.05, 4.69) is 0 Å². The monoisotopic (exact) mass is 327 g/mol. The average molecular weight is 327 g/mol. The summed E-state index contributed by atoms with van der Waals surface area (Å²) in [7, 11) is 1.65. The van der Waals surface area contributed by atoms with Crippen LogP contribution in [0.25, 0.3) is 0 Å². The second-order valence-electron chi connectivity index (χ2n) is 6.31. The molecule has 0 radical (unpaired) electrons. The lowest BCUT2D eigenvalue weighted by atomic mass is 9.95. The van der Waals surface area contributed by atoms with E-state index in [0.29, 0.717) is 6.54 Å². The first-order valence-corrected chi connectivity index (χ1v) is 7.77. The molecular formula is C19H18FNO3. The van der Waals surface area contributed by atoms with Gasteiger partial charge in [0, 0.05) is 19.0 Å². The van der Waals surface area contributed by atoms with Gasteiger partial charge in [0.2, 0.25) is 0 Å². The minimum Gasteiger partial charge on any atom is -0.478 e. The summed E-state index contributed by atoms with van der Waals surface area (Å²) in [5.74, 6) is -2.47. The van der Waals surface area contributed by atoms with Gasteiger partial charge in [0.1, 0.15) is 5.82 Å². The van der Waals surface area contributed by atoms with Crippen molar-refractivity contribution in [2.24, 2.45) is 0 Å². The van der Waals surface area contributed by atoms with Crippen molar-refractivity contribution in [1.82, 2.24) is 4.90 Å². The molecule has 4 nitrogen and oxygen atoms in total. The zero-order valence-electron chi connectivity index (χ0n) is 13.3. The minimum atomic E-state index is -1.22. The predicted molar refractivity (Wildman–Crippen MR) is 87.7 cm³/mol. The molecule has 2 aromatic rings. The first-order chi connectivity index (χ1) is 11.4. The second kappa shape index (κ2) is 6.07. The number of carbonyl (C=O) groups excluding carboxylic acids is 1. The molecule has 0 bridgehead atoms. The highest BCUT2D eigenvalue weighted by Crippen LogP contribution is 2.48. The van der Waals surface area contributed by atoms with Gasteiger partial charge in [0.25, 0.3) is 5.91 Å². The van der Waals surface area contributed by atoms with Crippen LogP contribution in [-0.2, 0) is 5.41 Å². The third-order valence-corrected chi connectivity index (χ3v) is 4.57. The van der Waals surface area contributed by atoms with Crippen LogP contribution in [0.2, 0.25) is 0 Å². The van der Waals surface area contributed by atoms with E-state index in [1.54, 1.807) is 7.05 Å². The number of halogens is 1. The van der Waals surface area contributed by atoms with Crippen molar-refractivity contribution in [1.29, 1.82) is 0 Å². The standard InChI is InChI=1S/C19H18FNO3/c1-21(12-19(9-10-19)14-5-3-2-4-6-14)17(22)15-8-7-13(18(23)24)11-16(15)20/h2-8,11H,9-10,12H2,1H3,(H,23,24). The third-order valence-electron chi connectivity index (χ3n) is 4.57. The number of nitrogens with zero attached hydrogens (tertiary/aromatic N) is 1. The minimum absolute atomic E-state index is 0.0524. The molecule has 3 rings (SSSR count). The fraction of sp³-hybridized carbons (Fsp3) is 0.263. The Morgan fingerprint density at radius 1 is 1.17 bits per heavy atom. The molecule has 1 amide bonds. The number of hydrogen-bond donors (Lipinski definition) is 1. The van der Waals surface area contributed by atoms with Crippen molar-refractivity contribution in [2.45, 2.75) is 18.3 Å². The summed E-state index contributed by atoms with van der Waals surface area (Å²) in [4.78, 5) is 24.9. The third kappa shape index (κ3) is 3.02. The number of hydrogen-bond acceptors (Lipinski definition) is 2. The van der Waals surface area contributed by atoms with E-state index in [1.165, 1.54) is 22.6 Å². The first-order valence-electron chi connectivity index (χ1n) is 7.77. The SMILES string of the molecule is CN(CC1(c2ccccc2)CC1)C(=O)c1ccc(C(=O)O)cc1F. The molecular weight excluding hydrogens is 309 g/mol. The highest BCUT2D eigenvalue weighted by Gasteiger charge is 2.45. The van der Waals surface area contributed by atoms with Gasteiger partial charge >= 0.3 is 5.97 Å². The molecule has 0 unspecified atom stereocenters. The van der Waals surface area contributed by atoms with Crippen LogP contribution in [0, 0.1) is 5.82 Å². The molecule has 1 aliphatic carbocycles. The summed E-state index contributed by atoms with van der Waals surface area (Å²) in [6.07, 6.45) is 1.99. The van der Waals surface area contributed by atoms with Crippen LogP contribution in [0.1, 0.15) is 39.1 Å². The number of likely N-dealkylation sites (N-methyl/N-ethyl adjacent to an activating group) is 1. The van der Waals surface area contributed by atoms with E-state index in [9.17, 15) is 14.0 Å². The second-order valence-corrected chi connectivity index (χ2v) is 6.31. The Balaban J connectivity index is 1.77.